The highest BCUT2D eigenvalue weighted by Crippen LogP contribution is 2.17. The van der Waals surface area contributed by atoms with Crippen LogP contribution in [0.4, 0.5) is 0 Å². The molecule has 0 bridgehead atoms. The third-order valence-electron chi connectivity index (χ3n) is 2.49. The summed E-state index contributed by atoms with van der Waals surface area (Å²) in [7, 11) is 0. The van der Waals surface area contributed by atoms with E-state index in [1.165, 1.54) is 6.21 Å². The van der Waals surface area contributed by atoms with Crippen molar-refractivity contribution >= 4 is 23.7 Å². The first-order valence-electron chi connectivity index (χ1n) is 5.72. The molecule has 5 heteroatoms. The maximum atomic E-state index is 11.8. The van der Waals surface area contributed by atoms with Gasteiger partial charge in [-0.1, -0.05) is 17.7 Å². The van der Waals surface area contributed by atoms with Crippen LogP contribution < -0.4 is 5.43 Å². The quantitative estimate of drug-likeness (QED) is 0.691. The van der Waals surface area contributed by atoms with Crippen molar-refractivity contribution < 1.29 is 9.21 Å². The van der Waals surface area contributed by atoms with Gasteiger partial charge in [-0.2, -0.15) is 5.10 Å². The summed E-state index contributed by atoms with van der Waals surface area (Å²) in [6, 6.07) is 8.81. The lowest BCUT2D eigenvalue weighted by Gasteiger charge is -2.03. The number of rotatable bonds is 3. The zero-order chi connectivity index (χ0) is 13.8. The maximum Gasteiger partial charge on any atom is 0.272 e. The van der Waals surface area contributed by atoms with Crippen molar-refractivity contribution in [2.75, 3.05) is 0 Å². The first-order chi connectivity index (χ1) is 9.06. The van der Waals surface area contributed by atoms with E-state index < -0.39 is 0 Å². The summed E-state index contributed by atoms with van der Waals surface area (Å²) >= 11 is 5.99. The minimum absolute atomic E-state index is 0.357. The SMILES string of the molecule is Cc1ccc(C(=O)NN=Cc2ccc(C)o2)c(Cl)c1. The summed E-state index contributed by atoms with van der Waals surface area (Å²) in [4.78, 5) is 11.8. The summed E-state index contributed by atoms with van der Waals surface area (Å²) in [5.41, 5.74) is 3.79. The van der Waals surface area contributed by atoms with Gasteiger partial charge in [-0.25, -0.2) is 5.43 Å². The predicted octanol–water partition coefficient (Wildman–Crippen LogP) is 3.31. The Labute approximate surface area is 116 Å². The van der Waals surface area contributed by atoms with E-state index in [1.807, 2.05) is 26.0 Å². The topological polar surface area (TPSA) is 54.6 Å². The Morgan fingerprint density at radius 2 is 2.11 bits per heavy atom. The van der Waals surface area contributed by atoms with Crippen molar-refractivity contribution in [1.29, 1.82) is 0 Å². The van der Waals surface area contributed by atoms with Gasteiger partial charge in [0.1, 0.15) is 11.5 Å². The van der Waals surface area contributed by atoms with Crippen molar-refractivity contribution in [3.63, 3.8) is 0 Å². The molecule has 2 rings (SSSR count). The number of hydrogen-bond acceptors (Lipinski definition) is 3. The second kappa shape index (κ2) is 5.71. The Hall–Kier alpha value is -2.07. The first-order valence-corrected chi connectivity index (χ1v) is 6.10. The van der Waals surface area contributed by atoms with Crippen LogP contribution in [0.25, 0.3) is 0 Å². The van der Waals surface area contributed by atoms with Gasteiger partial charge in [0.25, 0.3) is 5.91 Å². The molecule has 1 amide bonds. The van der Waals surface area contributed by atoms with E-state index >= 15 is 0 Å². The van der Waals surface area contributed by atoms with Gasteiger partial charge in [-0.3, -0.25) is 4.79 Å². The molecule has 1 N–H and O–H groups in total. The number of hydrazone groups is 1. The fraction of sp³-hybridized carbons (Fsp3) is 0.143. The van der Waals surface area contributed by atoms with Crippen LogP contribution in [0, 0.1) is 13.8 Å². The lowest BCUT2D eigenvalue weighted by molar-refractivity contribution is 0.0955. The number of aryl methyl sites for hydroxylation is 2. The van der Waals surface area contributed by atoms with Crippen molar-refractivity contribution in [2.24, 2.45) is 5.10 Å². The van der Waals surface area contributed by atoms with Crippen LogP contribution in [0.1, 0.15) is 27.4 Å². The number of carbonyl (C=O) groups is 1. The van der Waals surface area contributed by atoms with Gasteiger partial charge in [-0.15, -0.1) is 0 Å². The van der Waals surface area contributed by atoms with E-state index in [2.05, 4.69) is 10.5 Å². The standard InChI is InChI=1S/C14H13ClN2O2/c1-9-3-6-12(13(15)7-9)14(18)17-16-8-11-5-4-10(2)19-11/h3-8H,1-2H3,(H,17,18). The molecule has 0 atom stereocenters. The van der Waals surface area contributed by atoms with E-state index in [-0.39, 0.29) is 5.91 Å². The summed E-state index contributed by atoms with van der Waals surface area (Å²) in [6.07, 6.45) is 1.44. The van der Waals surface area contributed by atoms with E-state index in [0.29, 0.717) is 16.3 Å². The number of hydrogen-bond donors (Lipinski definition) is 1. The van der Waals surface area contributed by atoms with Crippen molar-refractivity contribution in [3.8, 4) is 0 Å². The van der Waals surface area contributed by atoms with E-state index in [0.717, 1.165) is 11.3 Å². The summed E-state index contributed by atoms with van der Waals surface area (Å²) in [5, 5.41) is 4.22. The molecule has 19 heavy (non-hydrogen) atoms. The second-order valence-corrected chi connectivity index (χ2v) is 4.54. The van der Waals surface area contributed by atoms with Crippen LogP contribution in [0.2, 0.25) is 5.02 Å². The van der Waals surface area contributed by atoms with Crippen LogP contribution in [0.5, 0.6) is 0 Å². The van der Waals surface area contributed by atoms with Crippen LogP contribution in [0.3, 0.4) is 0 Å². The van der Waals surface area contributed by atoms with Gasteiger partial charge in [0.15, 0.2) is 0 Å². The molecular formula is C14H13ClN2O2. The molecule has 0 fully saturated rings. The first kappa shape index (κ1) is 13.4. The predicted molar refractivity (Wildman–Crippen MR) is 74.7 cm³/mol. The highest BCUT2D eigenvalue weighted by atomic mass is 35.5. The van der Waals surface area contributed by atoms with Crippen molar-refractivity contribution in [1.82, 2.24) is 5.43 Å². The third-order valence-corrected chi connectivity index (χ3v) is 2.80. The molecule has 0 radical (unpaired) electrons. The van der Waals surface area contributed by atoms with Gasteiger partial charge in [-0.05, 0) is 43.7 Å². The minimum atomic E-state index is -0.357. The van der Waals surface area contributed by atoms with Crippen LogP contribution >= 0.6 is 11.6 Å². The molecule has 1 aromatic carbocycles. The average molecular weight is 277 g/mol. The van der Waals surface area contributed by atoms with Gasteiger partial charge in [0.2, 0.25) is 0 Å². The van der Waals surface area contributed by atoms with Gasteiger partial charge >= 0.3 is 0 Å². The van der Waals surface area contributed by atoms with Crippen molar-refractivity contribution in [2.45, 2.75) is 13.8 Å². The van der Waals surface area contributed by atoms with Crippen molar-refractivity contribution in [3.05, 3.63) is 58.0 Å². The Kier molecular flexibility index (Phi) is 4.02. The zero-order valence-corrected chi connectivity index (χ0v) is 11.4. The Bertz CT molecular complexity index is 632. The van der Waals surface area contributed by atoms with Gasteiger partial charge in [0, 0.05) is 0 Å². The number of nitrogens with zero attached hydrogens (tertiary/aromatic N) is 1. The summed E-state index contributed by atoms with van der Waals surface area (Å²) < 4.78 is 5.28. The number of halogens is 1. The third kappa shape index (κ3) is 3.45. The second-order valence-electron chi connectivity index (χ2n) is 4.13. The van der Waals surface area contributed by atoms with E-state index in [4.69, 9.17) is 16.0 Å². The van der Waals surface area contributed by atoms with E-state index in [1.54, 1.807) is 18.2 Å². The monoisotopic (exact) mass is 276 g/mol. The molecule has 0 aliphatic rings. The summed E-state index contributed by atoms with van der Waals surface area (Å²) in [6.45, 7) is 3.74. The number of nitrogens with one attached hydrogen (secondary N) is 1. The highest BCUT2D eigenvalue weighted by molar-refractivity contribution is 6.33. The molecule has 0 spiro atoms. The molecule has 2 aromatic rings. The molecule has 0 saturated heterocycles. The van der Waals surface area contributed by atoms with Crippen LogP contribution in [-0.2, 0) is 0 Å². The van der Waals surface area contributed by atoms with Gasteiger partial charge in [0.05, 0.1) is 16.8 Å². The molecule has 0 aliphatic heterocycles. The Morgan fingerprint density at radius 1 is 1.32 bits per heavy atom. The fourth-order valence-corrected chi connectivity index (χ4v) is 1.86. The minimum Gasteiger partial charge on any atom is -0.460 e. The van der Waals surface area contributed by atoms with E-state index in [9.17, 15) is 4.79 Å². The Morgan fingerprint density at radius 3 is 2.74 bits per heavy atom. The van der Waals surface area contributed by atoms with Crippen LogP contribution in [-0.4, -0.2) is 12.1 Å². The molecule has 98 valence electrons. The highest BCUT2D eigenvalue weighted by Gasteiger charge is 2.09. The molecule has 0 aliphatic carbocycles. The normalized spacial score (nSPS) is 10.9. The maximum absolute atomic E-state index is 11.8. The Balaban J connectivity index is 2.03. The smallest absolute Gasteiger partial charge is 0.272 e. The van der Waals surface area contributed by atoms with Crippen LogP contribution in [0.15, 0.2) is 39.9 Å². The van der Waals surface area contributed by atoms with Gasteiger partial charge < -0.3 is 4.42 Å². The zero-order valence-electron chi connectivity index (χ0n) is 10.6. The average Bonchev–Trinajstić information content (AvgIpc) is 2.75. The molecule has 0 unspecified atom stereocenters. The largest absolute Gasteiger partial charge is 0.460 e. The molecule has 0 saturated carbocycles. The number of carbonyl (C=O) groups excluding carboxylic acids is 1. The number of benzene rings is 1. The molecule has 1 heterocycles. The number of furan rings is 1. The fourth-order valence-electron chi connectivity index (χ4n) is 1.54. The summed E-state index contributed by atoms with van der Waals surface area (Å²) in [5.74, 6) is 1.01. The molecule has 1 aromatic heterocycles. The lowest BCUT2D eigenvalue weighted by atomic mass is 10.1. The lowest BCUT2D eigenvalue weighted by Crippen LogP contribution is -2.18. The molecular weight excluding hydrogens is 264 g/mol. The molecule has 4 nitrogen and oxygen atoms in total. The number of amides is 1.